The minimum atomic E-state index is -1.19. The van der Waals surface area contributed by atoms with Gasteiger partial charge in [0.1, 0.15) is 6.29 Å². The average Bonchev–Trinajstić information content (AvgIpc) is 2.95. The molecule has 2 aromatic carbocycles. The number of carbonyl (C=O) groups is 1. The Balaban J connectivity index is 2.19. The standard InChI is InChI=1S/C20H16N2O/c1-2-14-10-20(12-21,13-22)19(18(14)11-23)17-8-7-15-5-3-4-6-16(15)9-17/h2-9,11,14,18-19H,1,10H2/t14-,18-,19+/m0/s1. The van der Waals surface area contributed by atoms with E-state index >= 15 is 0 Å². The van der Waals surface area contributed by atoms with Gasteiger partial charge in [-0.15, -0.1) is 6.58 Å². The first-order valence-electron chi connectivity index (χ1n) is 7.58. The summed E-state index contributed by atoms with van der Waals surface area (Å²) in [6.45, 7) is 3.78. The molecule has 1 aliphatic rings. The molecule has 0 unspecified atom stereocenters. The van der Waals surface area contributed by atoms with Gasteiger partial charge in [0.2, 0.25) is 0 Å². The van der Waals surface area contributed by atoms with Crippen molar-refractivity contribution >= 4 is 17.1 Å². The molecule has 0 N–H and O–H groups in total. The van der Waals surface area contributed by atoms with Gasteiger partial charge >= 0.3 is 0 Å². The Morgan fingerprint density at radius 2 is 1.83 bits per heavy atom. The van der Waals surface area contributed by atoms with E-state index in [1.807, 2.05) is 42.5 Å². The molecular weight excluding hydrogens is 284 g/mol. The van der Waals surface area contributed by atoms with E-state index in [0.717, 1.165) is 22.6 Å². The van der Waals surface area contributed by atoms with E-state index < -0.39 is 17.3 Å². The van der Waals surface area contributed by atoms with Crippen LogP contribution in [0.25, 0.3) is 10.8 Å². The first kappa shape index (κ1) is 15.0. The molecule has 0 saturated heterocycles. The van der Waals surface area contributed by atoms with Gasteiger partial charge in [-0.2, -0.15) is 10.5 Å². The fourth-order valence-corrected chi connectivity index (χ4v) is 3.79. The quantitative estimate of drug-likeness (QED) is 0.636. The van der Waals surface area contributed by atoms with Crippen molar-refractivity contribution in [3.63, 3.8) is 0 Å². The molecule has 0 spiro atoms. The molecule has 3 heteroatoms. The lowest BCUT2D eigenvalue weighted by atomic mass is 9.73. The van der Waals surface area contributed by atoms with E-state index in [2.05, 4.69) is 18.7 Å². The highest BCUT2D eigenvalue weighted by molar-refractivity contribution is 5.83. The summed E-state index contributed by atoms with van der Waals surface area (Å²) in [5.74, 6) is -0.973. The number of hydrogen-bond donors (Lipinski definition) is 0. The van der Waals surface area contributed by atoms with Gasteiger partial charge in [0, 0.05) is 11.8 Å². The number of nitriles is 2. The molecule has 1 aliphatic carbocycles. The number of hydrogen-bond acceptors (Lipinski definition) is 3. The zero-order valence-corrected chi connectivity index (χ0v) is 12.6. The zero-order chi connectivity index (χ0) is 16.4. The molecule has 1 saturated carbocycles. The van der Waals surface area contributed by atoms with Gasteiger partial charge in [-0.1, -0.05) is 48.5 Å². The fourth-order valence-electron chi connectivity index (χ4n) is 3.79. The third kappa shape index (κ3) is 2.22. The normalized spacial score (nSPS) is 25.4. The van der Waals surface area contributed by atoms with E-state index in [0.29, 0.717) is 6.42 Å². The highest BCUT2D eigenvalue weighted by Gasteiger charge is 2.54. The molecule has 3 nitrogen and oxygen atoms in total. The maximum atomic E-state index is 11.7. The summed E-state index contributed by atoms with van der Waals surface area (Å²) in [6.07, 6.45) is 2.93. The molecule has 0 bridgehead atoms. The van der Waals surface area contributed by atoms with Crippen molar-refractivity contribution in [2.75, 3.05) is 0 Å². The molecule has 1 fully saturated rings. The first-order chi connectivity index (χ1) is 11.2. The van der Waals surface area contributed by atoms with Crippen LogP contribution >= 0.6 is 0 Å². The van der Waals surface area contributed by atoms with E-state index in [4.69, 9.17) is 0 Å². The Morgan fingerprint density at radius 1 is 1.13 bits per heavy atom. The lowest BCUT2D eigenvalue weighted by Gasteiger charge is -2.24. The summed E-state index contributed by atoms with van der Waals surface area (Å²) in [6, 6.07) is 18.2. The number of allylic oxidation sites excluding steroid dienone is 1. The number of aldehydes is 1. The minimum Gasteiger partial charge on any atom is -0.303 e. The second kappa shape index (κ2) is 5.71. The Hall–Kier alpha value is -2.91. The lowest BCUT2D eigenvalue weighted by molar-refractivity contribution is -0.112. The van der Waals surface area contributed by atoms with Crippen LogP contribution in [-0.2, 0) is 4.79 Å². The summed E-state index contributed by atoms with van der Waals surface area (Å²) in [5, 5.41) is 21.5. The van der Waals surface area contributed by atoms with Crippen molar-refractivity contribution in [2.24, 2.45) is 17.3 Å². The Bertz CT molecular complexity index is 842. The second-order valence-corrected chi connectivity index (χ2v) is 6.10. The van der Waals surface area contributed by atoms with Crippen LogP contribution in [0.4, 0.5) is 0 Å². The molecule has 3 rings (SSSR count). The van der Waals surface area contributed by atoms with Crippen LogP contribution in [0.1, 0.15) is 17.9 Å². The van der Waals surface area contributed by atoms with E-state index in [1.165, 1.54) is 0 Å². The van der Waals surface area contributed by atoms with Gasteiger partial charge in [-0.25, -0.2) is 0 Å². The fraction of sp³-hybridized carbons (Fsp3) is 0.250. The van der Waals surface area contributed by atoms with Crippen LogP contribution in [0, 0.1) is 39.9 Å². The maximum Gasteiger partial charge on any atom is 0.151 e. The molecule has 0 radical (unpaired) electrons. The zero-order valence-electron chi connectivity index (χ0n) is 12.6. The average molecular weight is 300 g/mol. The van der Waals surface area contributed by atoms with Crippen LogP contribution < -0.4 is 0 Å². The molecule has 2 aromatic rings. The maximum absolute atomic E-state index is 11.7. The number of benzene rings is 2. The summed E-state index contributed by atoms with van der Waals surface area (Å²) in [5.41, 5.74) is -0.319. The highest BCUT2D eigenvalue weighted by Crippen LogP contribution is 2.55. The highest BCUT2D eigenvalue weighted by atomic mass is 16.1. The van der Waals surface area contributed by atoms with E-state index in [9.17, 15) is 15.3 Å². The smallest absolute Gasteiger partial charge is 0.151 e. The summed E-state index contributed by atoms with van der Waals surface area (Å²) in [4.78, 5) is 11.7. The monoisotopic (exact) mass is 300 g/mol. The summed E-state index contributed by atoms with van der Waals surface area (Å²) < 4.78 is 0. The molecule has 112 valence electrons. The molecule has 0 heterocycles. The van der Waals surface area contributed by atoms with Gasteiger partial charge in [0.25, 0.3) is 0 Å². The van der Waals surface area contributed by atoms with Gasteiger partial charge in [-0.3, -0.25) is 0 Å². The molecule has 23 heavy (non-hydrogen) atoms. The summed E-state index contributed by atoms with van der Waals surface area (Å²) >= 11 is 0. The third-order valence-corrected chi connectivity index (χ3v) is 4.96. The van der Waals surface area contributed by atoms with Gasteiger partial charge < -0.3 is 4.79 Å². The second-order valence-electron chi connectivity index (χ2n) is 6.10. The Morgan fingerprint density at radius 3 is 2.43 bits per heavy atom. The third-order valence-electron chi connectivity index (χ3n) is 4.96. The van der Waals surface area contributed by atoms with Crippen molar-refractivity contribution in [3.05, 3.63) is 60.7 Å². The number of carbonyl (C=O) groups excluding carboxylic acids is 1. The number of nitrogens with zero attached hydrogens (tertiary/aromatic N) is 2. The van der Waals surface area contributed by atoms with Crippen molar-refractivity contribution in [3.8, 4) is 12.1 Å². The van der Waals surface area contributed by atoms with Crippen molar-refractivity contribution in [1.29, 1.82) is 10.5 Å². The van der Waals surface area contributed by atoms with Gasteiger partial charge in [-0.05, 0) is 28.7 Å². The Kier molecular flexibility index (Phi) is 3.72. The molecular formula is C20H16N2O. The molecule has 3 atom stereocenters. The van der Waals surface area contributed by atoms with Crippen LogP contribution in [0.5, 0.6) is 0 Å². The number of rotatable bonds is 3. The van der Waals surface area contributed by atoms with Crippen LogP contribution in [0.2, 0.25) is 0 Å². The number of fused-ring (bicyclic) bond motifs is 1. The van der Waals surface area contributed by atoms with Gasteiger partial charge in [0.15, 0.2) is 5.41 Å². The minimum absolute atomic E-state index is 0.150. The van der Waals surface area contributed by atoms with E-state index in [-0.39, 0.29) is 5.92 Å². The van der Waals surface area contributed by atoms with Crippen LogP contribution in [0.15, 0.2) is 55.1 Å². The predicted molar refractivity (Wildman–Crippen MR) is 88.2 cm³/mol. The molecule has 0 amide bonds. The Labute approximate surface area is 135 Å². The summed E-state index contributed by atoms with van der Waals surface area (Å²) in [7, 11) is 0. The SMILES string of the molecule is C=C[C@H]1CC(C#N)(C#N)[C@H](c2ccc3ccccc3c2)[C@H]1C=O. The molecule has 0 aromatic heterocycles. The van der Waals surface area contributed by atoms with Gasteiger partial charge in [0.05, 0.1) is 12.1 Å². The molecule has 0 aliphatic heterocycles. The van der Waals surface area contributed by atoms with Crippen molar-refractivity contribution < 1.29 is 4.79 Å². The first-order valence-corrected chi connectivity index (χ1v) is 7.58. The topological polar surface area (TPSA) is 64.7 Å². The van der Waals surface area contributed by atoms with Crippen LogP contribution in [0.3, 0.4) is 0 Å². The van der Waals surface area contributed by atoms with Crippen molar-refractivity contribution in [2.45, 2.75) is 12.3 Å². The lowest BCUT2D eigenvalue weighted by Crippen LogP contribution is -2.24. The van der Waals surface area contributed by atoms with E-state index in [1.54, 1.807) is 6.08 Å². The van der Waals surface area contributed by atoms with Crippen LogP contribution in [-0.4, -0.2) is 6.29 Å². The van der Waals surface area contributed by atoms with Crippen molar-refractivity contribution in [1.82, 2.24) is 0 Å². The largest absolute Gasteiger partial charge is 0.303 e. The predicted octanol–water partition coefficient (Wildman–Crippen LogP) is 3.98.